The van der Waals surface area contributed by atoms with E-state index >= 15 is 0 Å². The first-order valence-corrected chi connectivity index (χ1v) is 8.16. The van der Waals surface area contributed by atoms with Crippen LogP contribution in [0, 0.1) is 0 Å². The summed E-state index contributed by atoms with van der Waals surface area (Å²) in [6.07, 6.45) is 2.81. The van der Waals surface area contributed by atoms with Crippen LogP contribution in [0.5, 0.6) is 0 Å². The fourth-order valence-electron chi connectivity index (χ4n) is 2.22. The van der Waals surface area contributed by atoms with E-state index in [0.717, 1.165) is 0 Å². The van der Waals surface area contributed by atoms with Crippen LogP contribution in [0.25, 0.3) is 0 Å². The highest BCUT2D eigenvalue weighted by molar-refractivity contribution is 6.33. The van der Waals surface area contributed by atoms with Crippen molar-refractivity contribution in [3.63, 3.8) is 0 Å². The summed E-state index contributed by atoms with van der Waals surface area (Å²) < 4.78 is 0. The number of Topliss-reactive ketones (excluding diaryl/α,β-unsaturated/α-hetero) is 1. The lowest BCUT2D eigenvalue weighted by Gasteiger charge is -2.08. The smallest absolute Gasteiger partial charge is 0.275 e. The van der Waals surface area contributed by atoms with Crippen molar-refractivity contribution in [2.75, 3.05) is 10.6 Å². The molecule has 0 aliphatic rings. The number of hydrogen-bond donors (Lipinski definition) is 2. The summed E-state index contributed by atoms with van der Waals surface area (Å²) in [5.41, 5.74) is 1.97. The van der Waals surface area contributed by atoms with E-state index in [9.17, 15) is 9.59 Å². The second-order valence-electron chi connectivity index (χ2n) is 5.48. The fourth-order valence-corrected chi connectivity index (χ4v) is 2.41. The van der Waals surface area contributed by atoms with E-state index in [-0.39, 0.29) is 11.5 Å². The Morgan fingerprint density at radius 3 is 2.50 bits per heavy atom. The van der Waals surface area contributed by atoms with Gasteiger partial charge in [-0.05, 0) is 31.2 Å². The Morgan fingerprint density at radius 2 is 1.81 bits per heavy atom. The van der Waals surface area contributed by atoms with Crippen molar-refractivity contribution in [1.82, 2.24) is 9.97 Å². The Morgan fingerprint density at radius 1 is 1.00 bits per heavy atom. The number of nitrogens with one attached hydrogen (secondary N) is 2. The average Bonchev–Trinajstić information content (AvgIpc) is 2.64. The largest absolute Gasteiger partial charge is 0.339 e. The van der Waals surface area contributed by atoms with Crippen LogP contribution in [0.1, 0.15) is 27.8 Å². The molecular formula is C19H15ClN4O2. The van der Waals surface area contributed by atoms with Gasteiger partial charge in [0.1, 0.15) is 11.5 Å². The molecular weight excluding hydrogens is 352 g/mol. The lowest BCUT2D eigenvalue weighted by atomic mass is 10.1. The highest BCUT2D eigenvalue weighted by atomic mass is 35.5. The number of carbonyl (C=O) groups excluding carboxylic acids is 2. The predicted octanol–water partition coefficient (Wildman–Crippen LogP) is 4.33. The maximum absolute atomic E-state index is 12.2. The molecule has 0 fully saturated rings. The monoisotopic (exact) mass is 366 g/mol. The van der Waals surface area contributed by atoms with Gasteiger partial charge in [0.25, 0.3) is 5.91 Å². The number of amides is 1. The SMILES string of the molecule is CC(=O)c1cccc(Nc2cnc(C(=O)Nc3ccccc3Cl)cn2)c1. The number of carbonyl (C=O) groups is 2. The van der Waals surface area contributed by atoms with Gasteiger partial charge in [0.2, 0.25) is 0 Å². The van der Waals surface area contributed by atoms with Crippen molar-refractivity contribution in [3.8, 4) is 0 Å². The molecule has 6 nitrogen and oxygen atoms in total. The lowest BCUT2D eigenvalue weighted by Crippen LogP contribution is -2.14. The summed E-state index contributed by atoms with van der Waals surface area (Å²) in [5.74, 6) is 0.0297. The van der Waals surface area contributed by atoms with Crippen LogP contribution in [0.15, 0.2) is 60.9 Å². The molecule has 1 heterocycles. The summed E-state index contributed by atoms with van der Waals surface area (Å²) in [4.78, 5) is 32.0. The molecule has 0 aliphatic carbocycles. The fraction of sp³-hybridized carbons (Fsp3) is 0.0526. The Hall–Kier alpha value is -3.25. The summed E-state index contributed by atoms with van der Waals surface area (Å²) in [7, 11) is 0. The van der Waals surface area contributed by atoms with E-state index in [0.29, 0.717) is 27.8 Å². The van der Waals surface area contributed by atoms with E-state index in [1.807, 2.05) is 6.07 Å². The Bertz CT molecular complexity index is 958. The number of ketones is 1. The Labute approximate surface area is 155 Å². The number of aromatic nitrogens is 2. The van der Waals surface area contributed by atoms with E-state index in [4.69, 9.17) is 11.6 Å². The van der Waals surface area contributed by atoms with Gasteiger partial charge in [-0.3, -0.25) is 9.59 Å². The molecule has 2 aromatic carbocycles. The summed E-state index contributed by atoms with van der Waals surface area (Å²) in [5, 5.41) is 6.17. The maximum atomic E-state index is 12.2. The van der Waals surface area contributed by atoms with Gasteiger partial charge in [0.15, 0.2) is 5.78 Å². The van der Waals surface area contributed by atoms with Gasteiger partial charge in [-0.2, -0.15) is 0 Å². The zero-order chi connectivity index (χ0) is 18.5. The van der Waals surface area contributed by atoms with Gasteiger partial charge < -0.3 is 10.6 Å². The lowest BCUT2D eigenvalue weighted by molar-refractivity contribution is 0.101. The van der Waals surface area contributed by atoms with Crippen LogP contribution < -0.4 is 10.6 Å². The minimum atomic E-state index is -0.407. The first kappa shape index (κ1) is 17.6. The van der Waals surface area contributed by atoms with Crippen LogP contribution in [-0.4, -0.2) is 21.7 Å². The van der Waals surface area contributed by atoms with Crippen molar-refractivity contribution in [2.45, 2.75) is 6.92 Å². The first-order chi connectivity index (χ1) is 12.5. The van der Waals surface area contributed by atoms with Crippen molar-refractivity contribution >= 4 is 40.5 Å². The second kappa shape index (κ2) is 7.76. The number of para-hydroxylation sites is 1. The van der Waals surface area contributed by atoms with Crippen molar-refractivity contribution in [2.24, 2.45) is 0 Å². The maximum Gasteiger partial charge on any atom is 0.275 e. The molecule has 26 heavy (non-hydrogen) atoms. The van der Waals surface area contributed by atoms with Crippen LogP contribution >= 0.6 is 11.6 Å². The Kier molecular flexibility index (Phi) is 5.24. The minimum absolute atomic E-state index is 0.0219. The quantitative estimate of drug-likeness (QED) is 0.656. The molecule has 0 aliphatic heterocycles. The number of nitrogens with zero attached hydrogens (tertiary/aromatic N) is 2. The van der Waals surface area contributed by atoms with Gasteiger partial charge in [-0.1, -0.05) is 35.9 Å². The number of rotatable bonds is 5. The van der Waals surface area contributed by atoms with Crippen LogP contribution in [0.4, 0.5) is 17.2 Å². The molecule has 2 N–H and O–H groups in total. The standard InChI is InChI=1S/C19H15ClN4O2/c1-12(25)13-5-4-6-14(9-13)23-18-11-21-17(10-22-18)19(26)24-16-8-3-2-7-15(16)20/h2-11H,1H3,(H,22,23)(H,24,26). The molecule has 0 atom stereocenters. The Balaban J connectivity index is 1.70. The van der Waals surface area contributed by atoms with Gasteiger partial charge in [0, 0.05) is 11.3 Å². The van der Waals surface area contributed by atoms with Gasteiger partial charge in [-0.25, -0.2) is 9.97 Å². The number of halogens is 1. The number of anilines is 3. The molecule has 7 heteroatoms. The van der Waals surface area contributed by atoms with E-state index in [1.54, 1.807) is 42.5 Å². The van der Waals surface area contributed by atoms with Crippen molar-refractivity contribution < 1.29 is 9.59 Å². The highest BCUT2D eigenvalue weighted by Gasteiger charge is 2.10. The summed E-state index contributed by atoms with van der Waals surface area (Å²) >= 11 is 6.02. The van der Waals surface area contributed by atoms with Crippen LogP contribution in [0.3, 0.4) is 0 Å². The third-order valence-electron chi connectivity index (χ3n) is 3.55. The van der Waals surface area contributed by atoms with Gasteiger partial charge >= 0.3 is 0 Å². The molecule has 3 aromatic rings. The van der Waals surface area contributed by atoms with E-state index < -0.39 is 5.91 Å². The zero-order valence-electron chi connectivity index (χ0n) is 13.9. The molecule has 3 rings (SSSR count). The summed E-state index contributed by atoms with van der Waals surface area (Å²) in [6, 6.07) is 14.0. The van der Waals surface area contributed by atoms with E-state index in [1.165, 1.54) is 19.3 Å². The van der Waals surface area contributed by atoms with Gasteiger partial charge in [-0.15, -0.1) is 0 Å². The molecule has 1 aromatic heterocycles. The molecule has 0 radical (unpaired) electrons. The van der Waals surface area contributed by atoms with Crippen LogP contribution in [0.2, 0.25) is 5.02 Å². The highest BCUT2D eigenvalue weighted by Crippen LogP contribution is 2.21. The molecule has 0 spiro atoms. The van der Waals surface area contributed by atoms with E-state index in [2.05, 4.69) is 20.6 Å². The first-order valence-electron chi connectivity index (χ1n) is 7.79. The van der Waals surface area contributed by atoms with Gasteiger partial charge in [0.05, 0.1) is 23.1 Å². The molecule has 1 amide bonds. The zero-order valence-corrected chi connectivity index (χ0v) is 14.6. The molecule has 0 unspecified atom stereocenters. The molecule has 0 saturated carbocycles. The molecule has 0 saturated heterocycles. The predicted molar refractivity (Wildman–Crippen MR) is 101 cm³/mol. The van der Waals surface area contributed by atoms with Crippen molar-refractivity contribution in [3.05, 3.63) is 77.2 Å². The normalized spacial score (nSPS) is 10.2. The summed E-state index contributed by atoms with van der Waals surface area (Å²) in [6.45, 7) is 1.51. The van der Waals surface area contributed by atoms with Crippen LogP contribution in [-0.2, 0) is 0 Å². The molecule has 130 valence electrons. The topological polar surface area (TPSA) is 84.0 Å². The number of hydrogen-bond acceptors (Lipinski definition) is 5. The van der Waals surface area contributed by atoms with Crippen molar-refractivity contribution in [1.29, 1.82) is 0 Å². The third kappa shape index (κ3) is 4.23. The third-order valence-corrected chi connectivity index (χ3v) is 3.88. The average molecular weight is 367 g/mol. The molecule has 0 bridgehead atoms. The second-order valence-corrected chi connectivity index (χ2v) is 5.89. The minimum Gasteiger partial charge on any atom is -0.339 e. The number of benzene rings is 2.